The number of anilines is 1. The second-order valence-corrected chi connectivity index (χ2v) is 5.84. The summed E-state index contributed by atoms with van der Waals surface area (Å²) in [6.45, 7) is 1.84. The summed E-state index contributed by atoms with van der Waals surface area (Å²) in [6, 6.07) is 12.3. The largest absolute Gasteiger partial charge is 0.483 e. The Hall–Kier alpha value is -2.03. The highest BCUT2D eigenvalue weighted by Crippen LogP contribution is 2.25. The molecule has 6 heteroatoms. The highest BCUT2D eigenvalue weighted by Gasteiger charge is 2.08. The Morgan fingerprint density at radius 2 is 2.14 bits per heavy atom. The third kappa shape index (κ3) is 4.23. The lowest BCUT2D eigenvalue weighted by Crippen LogP contribution is -2.20. The molecule has 4 nitrogen and oxygen atoms in total. The van der Waals surface area contributed by atoms with E-state index in [0.29, 0.717) is 22.0 Å². The molecule has 0 unspecified atom stereocenters. The van der Waals surface area contributed by atoms with Gasteiger partial charge < -0.3 is 10.1 Å². The van der Waals surface area contributed by atoms with Crippen LogP contribution in [0.5, 0.6) is 5.75 Å². The van der Waals surface area contributed by atoms with Crippen molar-refractivity contribution in [3.8, 4) is 11.8 Å². The van der Waals surface area contributed by atoms with Crippen LogP contribution in [0.1, 0.15) is 11.1 Å². The highest BCUT2D eigenvalue weighted by atomic mass is 79.9. The normalized spacial score (nSPS) is 9.91. The summed E-state index contributed by atoms with van der Waals surface area (Å²) < 4.78 is 6.25. The van der Waals surface area contributed by atoms with Crippen molar-refractivity contribution in [2.75, 3.05) is 11.9 Å². The first-order chi connectivity index (χ1) is 10.5. The topological polar surface area (TPSA) is 62.1 Å². The molecule has 0 aliphatic heterocycles. The average molecular weight is 380 g/mol. The van der Waals surface area contributed by atoms with E-state index in [4.69, 9.17) is 21.6 Å². The van der Waals surface area contributed by atoms with Crippen LogP contribution in [0.4, 0.5) is 5.69 Å². The van der Waals surface area contributed by atoms with E-state index in [-0.39, 0.29) is 12.5 Å². The minimum Gasteiger partial charge on any atom is -0.483 e. The number of benzene rings is 2. The lowest BCUT2D eigenvalue weighted by Gasteiger charge is -2.10. The van der Waals surface area contributed by atoms with Gasteiger partial charge in [-0.3, -0.25) is 4.79 Å². The number of hydrogen-bond acceptors (Lipinski definition) is 3. The first-order valence-electron chi connectivity index (χ1n) is 6.38. The zero-order valence-corrected chi connectivity index (χ0v) is 14.0. The predicted molar refractivity (Wildman–Crippen MR) is 89.2 cm³/mol. The summed E-state index contributed by atoms with van der Waals surface area (Å²) in [5.74, 6) is 0.284. The summed E-state index contributed by atoms with van der Waals surface area (Å²) in [5.41, 5.74) is 1.97. The molecule has 0 heterocycles. The fourth-order valence-electron chi connectivity index (χ4n) is 1.75. The molecule has 0 fully saturated rings. The molecule has 0 aliphatic rings. The van der Waals surface area contributed by atoms with Crippen LogP contribution in [0.25, 0.3) is 0 Å². The van der Waals surface area contributed by atoms with Crippen LogP contribution in [-0.4, -0.2) is 12.5 Å². The van der Waals surface area contributed by atoms with Crippen molar-refractivity contribution in [2.45, 2.75) is 6.92 Å². The monoisotopic (exact) mass is 378 g/mol. The van der Waals surface area contributed by atoms with Crippen molar-refractivity contribution >= 4 is 39.1 Å². The fraction of sp³-hybridized carbons (Fsp3) is 0.125. The van der Waals surface area contributed by atoms with Gasteiger partial charge in [0.1, 0.15) is 11.8 Å². The third-order valence-corrected chi connectivity index (χ3v) is 3.75. The van der Waals surface area contributed by atoms with Crippen molar-refractivity contribution in [1.82, 2.24) is 0 Å². The van der Waals surface area contributed by atoms with Crippen LogP contribution in [-0.2, 0) is 4.79 Å². The second-order valence-electron chi connectivity index (χ2n) is 4.58. The van der Waals surface area contributed by atoms with Crippen molar-refractivity contribution in [1.29, 1.82) is 5.26 Å². The molecule has 0 atom stereocenters. The first-order valence-corrected chi connectivity index (χ1v) is 7.55. The number of carbonyl (C=O) groups is 1. The maximum atomic E-state index is 11.9. The van der Waals surface area contributed by atoms with E-state index < -0.39 is 0 Å². The van der Waals surface area contributed by atoms with Gasteiger partial charge in [0.15, 0.2) is 6.61 Å². The quantitative estimate of drug-likeness (QED) is 0.861. The van der Waals surface area contributed by atoms with E-state index in [2.05, 4.69) is 21.2 Å². The van der Waals surface area contributed by atoms with Crippen molar-refractivity contribution in [3.63, 3.8) is 0 Å². The Kier molecular flexibility index (Phi) is 5.42. The van der Waals surface area contributed by atoms with Crippen LogP contribution in [0.15, 0.2) is 40.9 Å². The van der Waals surface area contributed by atoms with Crippen LogP contribution in [0.3, 0.4) is 0 Å². The number of aryl methyl sites for hydroxylation is 1. The Bertz CT molecular complexity index is 756. The number of hydrogen-bond donors (Lipinski definition) is 1. The number of ether oxygens (including phenoxy) is 1. The summed E-state index contributed by atoms with van der Waals surface area (Å²) in [4.78, 5) is 11.9. The van der Waals surface area contributed by atoms with Gasteiger partial charge in [0, 0.05) is 5.69 Å². The molecular formula is C16H12BrClN2O2. The summed E-state index contributed by atoms with van der Waals surface area (Å²) in [5, 5.41) is 11.8. The van der Waals surface area contributed by atoms with Gasteiger partial charge in [0.05, 0.1) is 15.1 Å². The number of rotatable bonds is 4. The van der Waals surface area contributed by atoms with Gasteiger partial charge in [-0.05, 0) is 58.7 Å². The van der Waals surface area contributed by atoms with Crippen LogP contribution < -0.4 is 10.1 Å². The molecule has 22 heavy (non-hydrogen) atoms. The molecule has 2 rings (SSSR count). The lowest BCUT2D eigenvalue weighted by molar-refractivity contribution is -0.118. The first kappa shape index (κ1) is 16.3. The van der Waals surface area contributed by atoms with E-state index in [0.717, 1.165) is 10.0 Å². The van der Waals surface area contributed by atoms with Gasteiger partial charge in [0.2, 0.25) is 0 Å². The Balaban J connectivity index is 1.96. The molecule has 1 amide bonds. The van der Waals surface area contributed by atoms with E-state index in [1.165, 1.54) is 6.07 Å². The smallest absolute Gasteiger partial charge is 0.262 e. The zero-order chi connectivity index (χ0) is 16.1. The maximum Gasteiger partial charge on any atom is 0.262 e. The van der Waals surface area contributed by atoms with Gasteiger partial charge in [-0.1, -0.05) is 17.7 Å². The number of carbonyl (C=O) groups excluding carboxylic acids is 1. The number of amides is 1. The Morgan fingerprint density at radius 3 is 2.77 bits per heavy atom. The van der Waals surface area contributed by atoms with E-state index >= 15 is 0 Å². The molecule has 0 aliphatic carbocycles. The van der Waals surface area contributed by atoms with Crippen molar-refractivity contribution < 1.29 is 9.53 Å². The second kappa shape index (κ2) is 7.30. The fourth-order valence-corrected chi connectivity index (χ4v) is 2.58. The third-order valence-electron chi connectivity index (χ3n) is 2.82. The van der Waals surface area contributed by atoms with Crippen LogP contribution in [0, 0.1) is 18.3 Å². The summed E-state index contributed by atoms with van der Waals surface area (Å²) >= 11 is 9.29. The molecular weight excluding hydrogens is 368 g/mol. The van der Waals surface area contributed by atoms with Crippen molar-refractivity contribution in [2.24, 2.45) is 0 Å². The van der Waals surface area contributed by atoms with E-state index in [9.17, 15) is 4.79 Å². The minimum absolute atomic E-state index is 0.126. The van der Waals surface area contributed by atoms with Gasteiger partial charge in [-0.15, -0.1) is 0 Å². The zero-order valence-electron chi connectivity index (χ0n) is 11.7. The Labute approximate surface area is 141 Å². The Morgan fingerprint density at radius 1 is 1.36 bits per heavy atom. The average Bonchev–Trinajstić information content (AvgIpc) is 2.46. The predicted octanol–water partition coefficient (Wildman–Crippen LogP) is 4.30. The lowest BCUT2D eigenvalue weighted by atomic mass is 10.2. The number of nitrogens with zero attached hydrogens (tertiary/aromatic N) is 1. The molecule has 0 spiro atoms. The SMILES string of the molecule is Cc1ccc(OCC(=O)Nc2ccc(C#N)c(Cl)c2)c(Br)c1. The van der Waals surface area contributed by atoms with E-state index in [1.54, 1.807) is 18.2 Å². The molecule has 2 aromatic carbocycles. The van der Waals surface area contributed by atoms with Crippen molar-refractivity contribution in [3.05, 3.63) is 57.0 Å². The number of halogens is 2. The number of nitrogens with one attached hydrogen (secondary N) is 1. The highest BCUT2D eigenvalue weighted by molar-refractivity contribution is 9.10. The molecule has 0 saturated carbocycles. The van der Waals surface area contributed by atoms with Gasteiger partial charge >= 0.3 is 0 Å². The van der Waals surface area contributed by atoms with Crippen LogP contribution in [0.2, 0.25) is 5.02 Å². The standard InChI is InChI=1S/C16H12BrClN2O2/c1-10-2-5-15(13(17)6-10)22-9-16(21)20-12-4-3-11(8-19)14(18)7-12/h2-7H,9H2,1H3,(H,20,21). The summed E-state index contributed by atoms with van der Waals surface area (Å²) in [6.07, 6.45) is 0. The molecule has 1 N–H and O–H groups in total. The maximum absolute atomic E-state index is 11.9. The molecule has 0 radical (unpaired) electrons. The van der Waals surface area contributed by atoms with Gasteiger partial charge in [0.25, 0.3) is 5.91 Å². The van der Waals surface area contributed by atoms with Gasteiger partial charge in [-0.2, -0.15) is 5.26 Å². The molecule has 0 aromatic heterocycles. The molecule has 0 bridgehead atoms. The molecule has 2 aromatic rings. The molecule has 112 valence electrons. The minimum atomic E-state index is -0.312. The van der Waals surface area contributed by atoms with Gasteiger partial charge in [-0.25, -0.2) is 0 Å². The van der Waals surface area contributed by atoms with Crippen LogP contribution >= 0.6 is 27.5 Å². The molecule has 0 saturated heterocycles. The number of nitriles is 1. The summed E-state index contributed by atoms with van der Waals surface area (Å²) in [7, 11) is 0. The van der Waals surface area contributed by atoms with E-state index in [1.807, 2.05) is 25.1 Å².